The van der Waals surface area contributed by atoms with E-state index in [1.165, 1.54) is 0 Å². The van der Waals surface area contributed by atoms with Crippen LogP contribution in [-0.2, 0) is 9.59 Å². The molecule has 170 valence electrons. The fourth-order valence-corrected chi connectivity index (χ4v) is 5.54. The second-order valence-electron chi connectivity index (χ2n) is 8.35. The smallest absolute Gasteiger partial charge is 0.244 e. The maximum atomic E-state index is 13.4. The second-order valence-corrected chi connectivity index (χ2v) is 9.60. The number of hydrogen-bond acceptors (Lipinski definition) is 4. The Kier molecular flexibility index (Phi) is 6.75. The number of para-hydroxylation sites is 1. The normalized spacial score (nSPS) is 15.6. The average Bonchev–Trinajstić information content (AvgIpc) is 2.93. The molecule has 0 bridgehead atoms. The van der Waals surface area contributed by atoms with Crippen molar-refractivity contribution in [2.45, 2.75) is 37.3 Å². The number of fused-ring (bicyclic) bond motifs is 1. The number of rotatable bonds is 5. The molecule has 2 amide bonds. The lowest BCUT2D eigenvalue weighted by Crippen LogP contribution is -2.38. The van der Waals surface area contributed by atoms with E-state index in [0.29, 0.717) is 6.42 Å². The van der Waals surface area contributed by atoms with Gasteiger partial charge in [-0.15, -0.1) is 11.8 Å². The minimum atomic E-state index is -0.207. The monoisotopic (exact) mass is 460 g/mol. The van der Waals surface area contributed by atoms with Crippen molar-refractivity contribution in [1.29, 1.82) is 0 Å². The van der Waals surface area contributed by atoms with Crippen LogP contribution in [0.2, 0.25) is 0 Å². The molecule has 6 heteroatoms. The molecule has 1 unspecified atom stereocenters. The quantitative estimate of drug-likeness (QED) is 0.520. The van der Waals surface area contributed by atoms with Gasteiger partial charge in [0.2, 0.25) is 11.8 Å². The molecule has 33 heavy (non-hydrogen) atoms. The summed E-state index contributed by atoms with van der Waals surface area (Å²) in [5.41, 5.74) is 5.82. The molecule has 0 fully saturated rings. The molecular formula is C27H28N2O3S. The minimum absolute atomic E-state index is 0.0293. The van der Waals surface area contributed by atoms with Gasteiger partial charge in [-0.2, -0.15) is 0 Å². The standard InChI is InChI=1S/C27H28N2O3S/c1-17-13-18(2)27(19(3)14-17)28-25(30)16-29-22-7-5-6-8-23(22)33-24(15-26(29)31)20-9-11-21(32-4)12-10-20/h5-14,24H,15-16H2,1-4H3,(H,28,30). The van der Waals surface area contributed by atoms with E-state index < -0.39 is 0 Å². The summed E-state index contributed by atoms with van der Waals surface area (Å²) in [6, 6.07) is 19.7. The summed E-state index contributed by atoms with van der Waals surface area (Å²) in [5, 5.41) is 2.98. The summed E-state index contributed by atoms with van der Waals surface area (Å²) >= 11 is 1.65. The van der Waals surface area contributed by atoms with E-state index in [2.05, 4.69) is 5.32 Å². The number of aryl methyl sites for hydroxylation is 3. The molecule has 1 heterocycles. The van der Waals surface area contributed by atoms with Crippen LogP contribution in [0.5, 0.6) is 5.75 Å². The molecule has 3 aromatic carbocycles. The summed E-state index contributed by atoms with van der Waals surface area (Å²) in [5.74, 6) is 0.506. The molecule has 3 aromatic rings. The van der Waals surface area contributed by atoms with Crippen LogP contribution in [0.15, 0.2) is 65.6 Å². The maximum Gasteiger partial charge on any atom is 0.244 e. The second kappa shape index (κ2) is 9.71. The number of anilines is 2. The lowest BCUT2D eigenvalue weighted by atomic mass is 10.1. The average molecular weight is 461 g/mol. The highest BCUT2D eigenvalue weighted by Gasteiger charge is 2.30. The number of nitrogens with zero attached hydrogens (tertiary/aromatic N) is 1. The number of amides is 2. The van der Waals surface area contributed by atoms with Crippen LogP contribution in [0.25, 0.3) is 0 Å². The Labute approximate surface area is 199 Å². The number of carbonyl (C=O) groups excluding carboxylic acids is 2. The van der Waals surface area contributed by atoms with Crippen molar-refractivity contribution in [3.05, 3.63) is 82.9 Å². The molecule has 1 aliphatic rings. The summed E-state index contributed by atoms with van der Waals surface area (Å²) in [6.45, 7) is 5.98. The highest BCUT2D eigenvalue weighted by molar-refractivity contribution is 7.99. The van der Waals surface area contributed by atoms with E-state index in [1.807, 2.05) is 81.4 Å². The zero-order chi connectivity index (χ0) is 23.5. The minimum Gasteiger partial charge on any atom is -0.497 e. The largest absolute Gasteiger partial charge is 0.497 e. The van der Waals surface area contributed by atoms with Crippen LogP contribution in [-0.4, -0.2) is 25.5 Å². The van der Waals surface area contributed by atoms with Crippen LogP contribution in [0.3, 0.4) is 0 Å². The van der Waals surface area contributed by atoms with Gasteiger partial charge in [0.1, 0.15) is 12.3 Å². The molecule has 0 saturated heterocycles. The first-order chi connectivity index (χ1) is 15.9. The Morgan fingerprint density at radius 3 is 2.39 bits per heavy atom. The molecule has 1 N–H and O–H groups in total. The number of thioether (sulfide) groups is 1. The van der Waals surface area contributed by atoms with Gasteiger partial charge >= 0.3 is 0 Å². The third-order valence-corrected chi connectivity index (χ3v) is 7.14. The highest BCUT2D eigenvalue weighted by atomic mass is 32.2. The van der Waals surface area contributed by atoms with Crippen molar-refractivity contribution in [2.75, 3.05) is 23.9 Å². The van der Waals surface area contributed by atoms with Gasteiger partial charge in [0.15, 0.2) is 0 Å². The molecule has 4 rings (SSSR count). The number of methoxy groups -OCH3 is 1. The molecule has 0 aliphatic carbocycles. The van der Waals surface area contributed by atoms with Crippen molar-refractivity contribution < 1.29 is 14.3 Å². The van der Waals surface area contributed by atoms with Gasteiger partial charge in [0, 0.05) is 22.3 Å². The van der Waals surface area contributed by atoms with Crippen LogP contribution in [0, 0.1) is 20.8 Å². The third kappa shape index (κ3) is 5.06. The molecule has 1 aliphatic heterocycles. The topological polar surface area (TPSA) is 58.6 Å². The van der Waals surface area contributed by atoms with Crippen molar-refractivity contribution >= 4 is 35.0 Å². The van der Waals surface area contributed by atoms with Gasteiger partial charge in [-0.05, 0) is 61.7 Å². The van der Waals surface area contributed by atoms with E-state index >= 15 is 0 Å². The number of nitrogens with one attached hydrogen (secondary N) is 1. The van der Waals surface area contributed by atoms with E-state index in [9.17, 15) is 9.59 Å². The SMILES string of the molecule is COc1ccc(C2CC(=O)N(CC(=O)Nc3c(C)cc(C)cc3C)c3ccccc3S2)cc1. The molecular weight excluding hydrogens is 432 g/mol. The molecule has 1 atom stereocenters. The Hall–Kier alpha value is -3.25. The summed E-state index contributed by atoms with van der Waals surface area (Å²) in [6.07, 6.45) is 0.307. The predicted octanol–water partition coefficient (Wildman–Crippen LogP) is 5.83. The summed E-state index contributed by atoms with van der Waals surface area (Å²) < 4.78 is 5.27. The molecule has 0 spiro atoms. The summed E-state index contributed by atoms with van der Waals surface area (Å²) in [4.78, 5) is 29.0. The maximum absolute atomic E-state index is 13.4. The van der Waals surface area contributed by atoms with Crippen molar-refractivity contribution in [3.63, 3.8) is 0 Å². The van der Waals surface area contributed by atoms with Crippen LogP contribution >= 0.6 is 11.8 Å². The van der Waals surface area contributed by atoms with Crippen molar-refractivity contribution in [2.24, 2.45) is 0 Å². The zero-order valence-electron chi connectivity index (χ0n) is 19.3. The van der Waals surface area contributed by atoms with Crippen molar-refractivity contribution in [3.8, 4) is 5.75 Å². The highest BCUT2D eigenvalue weighted by Crippen LogP contribution is 2.45. The first-order valence-electron chi connectivity index (χ1n) is 10.9. The van der Waals surface area contributed by atoms with E-state index in [1.54, 1.807) is 23.8 Å². The Morgan fingerprint density at radius 1 is 1.06 bits per heavy atom. The van der Waals surface area contributed by atoms with Gasteiger partial charge in [0.25, 0.3) is 0 Å². The van der Waals surface area contributed by atoms with E-state index in [-0.39, 0.29) is 23.6 Å². The fourth-order valence-electron chi connectivity index (χ4n) is 4.26. The number of benzene rings is 3. The van der Waals surface area contributed by atoms with Crippen LogP contribution in [0.1, 0.15) is 33.9 Å². The summed E-state index contributed by atoms with van der Waals surface area (Å²) in [7, 11) is 1.64. The lowest BCUT2D eigenvalue weighted by Gasteiger charge is -2.23. The molecule has 0 radical (unpaired) electrons. The zero-order valence-corrected chi connectivity index (χ0v) is 20.2. The predicted molar refractivity (Wildman–Crippen MR) is 134 cm³/mol. The van der Waals surface area contributed by atoms with Gasteiger partial charge in [-0.1, -0.05) is 42.0 Å². The van der Waals surface area contributed by atoms with E-state index in [4.69, 9.17) is 4.74 Å². The Morgan fingerprint density at radius 2 is 1.73 bits per heavy atom. The number of carbonyl (C=O) groups is 2. The lowest BCUT2D eigenvalue weighted by molar-refractivity contribution is -0.121. The third-order valence-electron chi connectivity index (χ3n) is 5.82. The fraction of sp³-hybridized carbons (Fsp3) is 0.259. The van der Waals surface area contributed by atoms with Crippen LogP contribution in [0.4, 0.5) is 11.4 Å². The molecule has 0 saturated carbocycles. The van der Waals surface area contributed by atoms with E-state index in [0.717, 1.165) is 44.3 Å². The van der Waals surface area contributed by atoms with Gasteiger partial charge in [-0.3, -0.25) is 9.59 Å². The first-order valence-corrected chi connectivity index (χ1v) is 11.8. The number of hydrogen-bond donors (Lipinski definition) is 1. The van der Waals surface area contributed by atoms with Crippen molar-refractivity contribution in [1.82, 2.24) is 0 Å². The number of ether oxygens (including phenoxy) is 1. The Bertz CT molecular complexity index is 1170. The first kappa shape index (κ1) is 22.9. The van der Waals surface area contributed by atoms with Gasteiger partial charge in [0.05, 0.1) is 12.8 Å². The molecule has 0 aromatic heterocycles. The molecule has 5 nitrogen and oxygen atoms in total. The Balaban J connectivity index is 1.58. The van der Waals surface area contributed by atoms with Crippen LogP contribution < -0.4 is 15.0 Å². The van der Waals surface area contributed by atoms with Gasteiger partial charge < -0.3 is 15.0 Å². The van der Waals surface area contributed by atoms with Gasteiger partial charge in [-0.25, -0.2) is 0 Å².